The van der Waals surface area contributed by atoms with Crippen LogP contribution in [0, 0.1) is 12.7 Å². The van der Waals surface area contributed by atoms with E-state index in [1.54, 1.807) is 19.1 Å². The van der Waals surface area contributed by atoms with Gasteiger partial charge in [-0.2, -0.15) is 0 Å². The number of amides is 1. The van der Waals surface area contributed by atoms with Crippen LogP contribution in [0.3, 0.4) is 0 Å². The van der Waals surface area contributed by atoms with E-state index in [4.69, 9.17) is 16.3 Å². The monoisotopic (exact) mass is 504 g/mol. The van der Waals surface area contributed by atoms with Crippen molar-refractivity contribution >= 4 is 44.9 Å². The molecule has 0 fully saturated rings. The molecule has 0 radical (unpaired) electrons. The SMILES string of the molecule is CCOC(=O)c1ccc(NC(=O)CN(c2ccc(F)cc2)S(=O)(=O)c2ccc(C)cc2)c(Cl)c1. The summed E-state index contributed by atoms with van der Waals surface area (Å²) in [6.45, 7) is 3.09. The second kappa shape index (κ2) is 10.7. The predicted octanol–water partition coefficient (Wildman–Crippen LogP) is 4.80. The fourth-order valence-electron chi connectivity index (χ4n) is 3.04. The molecule has 0 atom stereocenters. The van der Waals surface area contributed by atoms with Crippen molar-refractivity contribution in [3.8, 4) is 0 Å². The third-order valence-electron chi connectivity index (χ3n) is 4.77. The van der Waals surface area contributed by atoms with Gasteiger partial charge in [0.25, 0.3) is 10.0 Å². The lowest BCUT2D eigenvalue weighted by Gasteiger charge is -2.24. The van der Waals surface area contributed by atoms with E-state index in [1.165, 1.54) is 42.5 Å². The number of ether oxygens (including phenoxy) is 1. The van der Waals surface area contributed by atoms with Crippen LogP contribution in [0.15, 0.2) is 71.6 Å². The molecule has 0 aliphatic carbocycles. The Morgan fingerprint density at radius 1 is 1.03 bits per heavy atom. The molecule has 34 heavy (non-hydrogen) atoms. The average Bonchev–Trinajstić information content (AvgIpc) is 2.80. The summed E-state index contributed by atoms with van der Waals surface area (Å²) in [5, 5.41) is 2.63. The van der Waals surface area contributed by atoms with Gasteiger partial charge in [0, 0.05) is 0 Å². The molecule has 1 N–H and O–H groups in total. The smallest absolute Gasteiger partial charge is 0.338 e. The van der Waals surface area contributed by atoms with Crippen molar-refractivity contribution in [1.82, 2.24) is 0 Å². The first-order valence-electron chi connectivity index (χ1n) is 10.2. The van der Waals surface area contributed by atoms with Crippen LogP contribution in [0.25, 0.3) is 0 Å². The van der Waals surface area contributed by atoms with Gasteiger partial charge in [0.2, 0.25) is 5.91 Å². The Morgan fingerprint density at radius 2 is 1.68 bits per heavy atom. The van der Waals surface area contributed by atoms with E-state index < -0.39 is 34.3 Å². The van der Waals surface area contributed by atoms with E-state index in [2.05, 4.69) is 5.32 Å². The number of rotatable bonds is 8. The normalized spacial score (nSPS) is 11.1. The summed E-state index contributed by atoms with van der Waals surface area (Å²) in [5.74, 6) is -1.80. The van der Waals surface area contributed by atoms with Gasteiger partial charge in [0.15, 0.2) is 0 Å². The number of carbonyl (C=O) groups is 2. The maximum atomic E-state index is 13.5. The summed E-state index contributed by atoms with van der Waals surface area (Å²) in [6.07, 6.45) is 0. The molecule has 1 amide bonds. The lowest BCUT2D eigenvalue weighted by Crippen LogP contribution is -2.38. The number of hydrogen-bond acceptors (Lipinski definition) is 5. The van der Waals surface area contributed by atoms with Crippen LogP contribution < -0.4 is 9.62 Å². The quantitative estimate of drug-likeness (QED) is 0.445. The number of aryl methyl sites for hydroxylation is 1. The van der Waals surface area contributed by atoms with E-state index in [-0.39, 0.29) is 33.5 Å². The van der Waals surface area contributed by atoms with Gasteiger partial charge in [0.1, 0.15) is 12.4 Å². The Bertz CT molecular complexity index is 1300. The van der Waals surface area contributed by atoms with Crippen molar-refractivity contribution in [3.63, 3.8) is 0 Å². The summed E-state index contributed by atoms with van der Waals surface area (Å²) >= 11 is 6.19. The Morgan fingerprint density at radius 3 is 2.26 bits per heavy atom. The van der Waals surface area contributed by atoms with Crippen molar-refractivity contribution < 1.29 is 27.1 Å². The third-order valence-corrected chi connectivity index (χ3v) is 6.87. The van der Waals surface area contributed by atoms with Crippen LogP contribution in [0.4, 0.5) is 15.8 Å². The number of anilines is 2. The zero-order chi connectivity index (χ0) is 24.9. The lowest BCUT2D eigenvalue weighted by atomic mass is 10.2. The van der Waals surface area contributed by atoms with Gasteiger partial charge in [-0.1, -0.05) is 29.3 Å². The Balaban J connectivity index is 1.88. The van der Waals surface area contributed by atoms with Crippen LogP contribution in [-0.2, 0) is 19.6 Å². The zero-order valence-corrected chi connectivity index (χ0v) is 20.0. The van der Waals surface area contributed by atoms with Crippen molar-refractivity contribution in [2.75, 3.05) is 22.8 Å². The van der Waals surface area contributed by atoms with Gasteiger partial charge in [-0.05, 0) is 68.4 Å². The van der Waals surface area contributed by atoms with Crippen molar-refractivity contribution in [2.24, 2.45) is 0 Å². The summed E-state index contributed by atoms with van der Waals surface area (Å²) in [5.41, 5.74) is 1.37. The highest BCUT2D eigenvalue weighted by atomic mass is 35.5. The minimum Gasteiger partial charge on any atom is -0.462 e. The Hall–Kier alpha value is -3.43. The van der Waals surface area contributed by atoms with Crippen LogP contribution >= 0.6 is 11.6 Å². The third kappa shape index (κ3) is 5.92. The molecule has 0 bridgehead atoms. The highest BCUT2D eigenvalue weighted by Crippen LogP contribution is 2.26. The molecule has 0 aliphatic rings. The fourth-order valence-corrected chi connectivity index (χ4v) is 4.69. The molecule has 3 aromatic rings. The fraction of sp³-hybridized carbons (Fsp3) is 0.167. The van der Waals surface area contributed by atoms with Crippen molar-refractivity contribution in [3.05, 3.63) is 88.7 Å². The van der Waals surface area contributed by atoms with Crippen LogP contribution in [0.2, 0.25) is 5.02 Å². The highest BCUT2D eigenvalue weighted by molar-refractivity contribution is 7.92. The second-order valence-electron chi connectivity index (χ2n) is 7.26. The topological polar surface area (TPSA) is 92.8 Å². The maximum absolute atomic E-state index is 13.5. The first kappa shape index (κ1) is 25.2. The van der Waals surface area contributed by atoms with E-state index >= 15 is 0 Å². The average molecular weight is 505 g/mol. The van der Waals surface area contributed by atoms with Crippen LogP contribution in [0.1, 0.15) is 22.8 Å². The molecule has 0 unspecified atom stereocenters. The number of sulfonamides is 1. The Kier molecular flexibility index (Phi) is 7.90. The van der Waals surface area contributed by atoms with Crippen LogP contribution in [-0.4, -0.2) is 33.4 Å². The van der Waals surface area contributed by atoms with Gasteiger partial charge >= 0.3 is 5.97 Å². The molecule has 0 saturated heterocycles. The van der Waals surface area contributed by atoms with Gasteiger partial charge < -0.3 is 10.1 Å². The molecule has 0 heterocycles. The lowest BCUT2D eigenvalue weighted by molar-refractivity contribution is -0.114. The second-order valence-corrected chi connectivity index (χ2v) is 9.53. The summed E-state index contributed by atoms with van der Waals surface area (Å²) < 4.78 is 45.9. The van der Waals surface area contributed by atoms with Gasteiger partial charge in [-0.15, -0.1) is 0 Å². The summed E-state index contributed by atoms with van der Waals surface area (Å²) in [6, 6.07) is 15.1. The molecule has 0 saturated carbocycles. The van der Waals surface area contributed by atoms with Gasteiger partial charge in [-0.3, -0.25) is 9.10 Å². The number of carbonyl (C=O) groups excluding carboxylic acids is 2. The molecule has 3 rings (SSSR count). The Labute approximate surface area is 202 Å². The molecule has 0 aliphatic heterocycles. The molecule has 0 aromatic heterocycles. The first-order chi connectivity index (χ1) is 16.1. The minimum absolute atomic E-state index is 0.0213. The molecule has 3 aromatic carbocycles. The molecule has 7 nitrogen and oxygen atoms in total. The van der Waals surface area contributed by atoms with Gasteiger partial charge in [-0.25, -0.2) is 17.6 Å². The minimum atomic E-state index is -4.15. The number of hydrogen-bond donors (Lipinski definition) is 1. The largest absolute Gasteiger partial charge is 0.462 e. The predicted molar refractivity (Wildman–Crippen MR) is 128 cm³/mol. The number of halogens is 2. The number of nitrogens with one attached hydrogen (secondary N) is 1. The van der Waals surface area contributed by atoms with E-state index in [9.17, 15) is 22.4 Å². The maximum Gasteiger partial charge on any atom is 0.338 e. The van der Waals surface area contributed by atoms with E-state index in [0.717, 1.165) is 22.0 Å². The van der Waals surface area contributed by atoms with Crippen molar-refractivity contribution in [2.45, 2.75) is 18.7 Å². The highest BCUT2D eigenvalue weighted by Gasteiger charge is 2.27. The number of esters is 1. The summed E-state index contributed by atoms with van der Waals surface area (Å²) in [7, 11) is -4.15. The first-order valence-corrected chi connectivity index (χ1v) is 12.0. The van der Waals surface area contributed by atoms with Crippen molar-refractivity contribution in [1.29, 1.82) is 0 Å². The molecular formula is C24H22ClFN2O5S. The molecule has 178 valence electrons. The van der Waals surface area contributed by atoms with Gasteiger partial charge in [0.05, 0.1) is 33.5 Å². The summed E-state index contributed by atoms with van der Waals surface area (Å²) in [4.78, 5) is 24.7. The van der Waals surface area contributed by atoms with E-state index in [1.807, 2.05) is 6.92 Å². The number of benzene rings is 3. The molecular weight excluding hydrogens is 483 g/mol. The van der Waals surface area contributed by atoms with Crippen LogP contribution in [0.5, 0.6) is 0 Å². The number of nitrogens with zero attached hydrogens (tertiary/aromatic N) is 1. The standard InChI is InChI=1S/C24H22ClFN2O5S/c1-3-33-24(30)17-6-13-22(21(25)14-17)27-23(29)15-28(19-9-7-18(26)8-10-19)34(31,32)20-11-4-16(2)5-12-20/h4-14H,3,15H2,1-2H3,(H,27,29). The molecule has 0 spiro atoms. The zero-order valence-electron chi connectivity index (χ0n) is 18.4. The molecule has 10 heteroatoms. The van der Waals surface area contributed by atoms with E-state index in [0.29, 0.717) is 0 Å².